The van der Waals surface area contributed by atoms with Crippen LogP contribution in [0.5, 0.6) is 0 Å². The van der Waals surface area contributed by atoms with E-state index in [2.05, 4.69) is 16.0 Å². The number of carbonyl (C=O) groups is 7. The van der Waals surface area contributed by atoms with E-state index in [0.717, 1.165) is 37.5 Å². The van der Waals surface area contributed by atoms with Gasteiger partial charge in [0.2, 0.25) is 17.3 Å². The van der Waals surface area contributed by atoms with Crippen molar-refractivity contribution in [1.82, 2.24) is 36.8 Å². The lowest BCUT2D eigenvalue weighted by Gasteiger charge is -2.22. The van der Waals surface area contributed by atoms with Crippen LogP contribution in [0.2, 0.25) is 0 Å². The topological polar surface area (TPSA) is 256 Å². The molecule has 0 bridgehead atoms. The standard InChI is InChI=1S/C20H24F6N2O4.2C12H18F6N2O2.C7H19N3/c21-19(22,23)16(29)10-7-13-28(18(31)32-14-15-8-3-1-4-9-15)12-6-2-5-11-27-17(30)20(24,25)26;2*13-11(14,15)9(21)5-4-7-19-6-2-1-3-8-20-10(22)12(16,17)18;8-4-2-1-3-6-10-7-5-9/h1,3-4,8-9H,2,5-7,10-14H2,(H,27,30);2*19H,1-8H2,(H,20,22);10H,1-9H2. The van der Waals surface area contributed by atoms with Crippen molar-refractivity contribution in [2.75, 3.05) is 85.1 Å². The van der Waals surface area contributed by atoms with Crippen LogP contribution in [0.15, 0.2) is 30.3 Å². The van der Waals surface area contributed by atoms with Crippen LogP contribution in [-0.2, 0) is 40.1 Å². The molecule has 0 saturated carbocycles. The highest BCUT2D eigenvalue weighted by Crippen LogP contribution is 2.21. The van der Waals surface area contributed by atoms with E-state index in [4.69, 9.17) is 16.2 Å². The lowest BCUT2D eigenvalue weighted by atomic mass is 10.2. The Bertz CT molecular complexity index is 1850. The summed E-state index contributed by atoms with van der Waals surface area (Å²) in [6.07, 6.45) is -24.5. The Kier molecular flexibility index (Phi) is 46.8. The summed E-state index contributed by atoms with van der Waals surface area (Å²) in [5, 5.41) is 14.1. The Labute approximate surface area is 486 Å². The summed E-state index contributed by atoms with van der Waals surface area (Å²) >= 11 is 0. The average molecular weight is 1290 g/mol. The number of amides is 4. The summed E-state index contributed by atoms with van der Waals surface area (Å²) in [5.74, 6) is -11.4. The molecular weight excluding hydrogens is 1210 g/mol. The fourth-order valence-electron chi connectivity index (χ4n) is 6.37. The number of hydrogen-bond acceptors (Lipinski definition) is 13. The van der Waals surface area contributed by atoms with Crippen molar-refractivity contribution in [2.45, 2.75) is 159 Å². The van der Waals surface area contributed by atoms with Gasteiger partial charge in [-0.2, -0.15) is 79.0 Å². The Balaban J connectivity index is -0.00000113. The Morgan fingerprint density at radius 2 is 0.674 bits per heavy atom. The molecule has 502 valence electrons. The van der Waals surface area contributed by atoms with E-state index >= 15 is 0 Å². The molecule has 0 saturated heterocycles. The molecular formula is C51H79F18N9O8. The van der Waals surface area contributed by atoms with Crippen molar-refractivity contribution in [3.8, 4) is 0 Å². The van der Waals surface area contributed by atoms with Crippen LogP contribution < -0.4 is 43.4 Å². The molecule has 1 aromatic rings. The van der Waals surface area contributed by atoms with Gasteiger partial charge in [0.15, 0.2) is 0 Å². The van der Waals surface area contributed by atoms with Gasteiger partial charge in [0.1, 0.15) is 6.61 Å². The van der Waals surface area contributed by atoms with E-state index in [1.807, 2.05) is 0 Å². The zero-order chi connectivity index (χ0) is 66.3. The maximum Gasteiger partial charge on any atom is 0.471 e. The Morgan fingerprint density at radius 3 is 1.02 bits per heavy atom. The largest absolute Gasteiger partial charge is 0.471 e. The van der Waals surface area contributed by atoms with E-state index in [1.54, 1.807) is 46.3 Å². The summed E-state index contributed by atoms with van der Waals surface area (Å²) < 4.78 is 220. The molecule has 1 aromatic carbocycles. The number of Topliss-reactive ketones (excluding diaryl/α,β-unsaturated/α-hetero) is 3. The molecule has 86 heavy (non-hydrogen) atoms. The summed E-state index contributed by atoms with van der Waals surface area (Å²) in [5.41, 5.74) is 11.3. The number of unbranched alkanes of at least 4 members (excludes halogenated alkanes) is 8. The van der Waals surface area contributed by atoms with Gasteiger partial charge < -0.3 is 53.0 Å². The van der Waals surface area contributed by atoms with E-state index in [-0.39, 0.29) is 78.1 Å². The fourth-order valence-corrected chi connectivity index (χ4v) is 6.37. The molecule has 0 fully saturated rings. The van der Waals surface area contributed by atoms with Crippen molar-refractivity contribution in [2.24, 2.45) is 11.5 Å². The van der Waals surface area contributed by atoms with Crippen LogP contribution >= 0.6 is 0 Å². The maximum atomic E-state index is 12.3. The minimum atomic E-state index is -4.97. The highest BCUT2D eigenvalue weighted by molar-refractivity contribution is 5.85. The molecule has 0 heterocycles. The minimum absolute atomic E-state index is 0.0544. The number of hydrogen-bond donors (Lipinski definition) is 8. The Morgan fingerprint density at radius 1 is 0.360 bits per heavy atom. The quantitative estimate of drug-likeness (QED) is 0.0227. The third-order valence-corrected chi connectivity index (χ3v) is 10.9. The predicted octanol–water partition coefficient (Wildman–Crippen LogP) is 8.72. The molecule has 0 unspecified atom stereocenters. The SMILES string of the molecule is NCCCCCNCCN.O=C(CCCNCCCCCNC(=O)C(F)(F)F)C(F)(F)F.O=C(CCCNCCCCCNC(=O)C(F)(F)F)C(F)(F)F.O=C(OCc1ccccc1)N(CCCCCNC(=O)C(F)(F)F)CCCC(=O)C(F)(F)F. The zero-order valence-corrected chi connectivity index (χ0v) is 47.2. The fraction of sp³-hybridized carbons (Fsp3) is 0.745. The van der Waals surface area contributed by atoms with Gasteiger partial charge in [-0.3, -0.25) is 28.8 Å². The van der Waals surface area contributed by atoms with E-state index in [9.17, 15) is 113 Å². The number of alkyl halides is 18. The molecule has 17 nitrogen and oxygen atoms in total. The predicted molar refractivity (Wildman–Crippen MR) is 278 cm³/mol. The van der Waals surface area contributed by atoms with Gasteiger partial charge in [-0.25, -0.2) is 4.79 Å². The van der Waals surface area contributed by atoms with Crippen LogP contribution in [0.3, 0.4) is 0 Å². The number of rotatable bonds is 39. The van der Waals surface area contributed by atoms with Gasteiger partial charge in [-0.05, 0) is 122 Å². The van der Waals surface area contributed by atoms with Crippen molar-refractivity contribution in [3.05, 3.63) is 35.9 Å². The molecule has 10 N–H and O–H groups in total. The first-order chi connectivity index (χ1) is 39.9. The maximum absolute atomic E-state index is 12.3. The molecule has 0 spiro atoms. The molecule has 35 heteroatoms. The zero-order valence-electron chi connectivity index (χ0n) is 47.2. The summed E-state index contributed by atoms with van der Waals surface area (Å²) in [4.78, 5) is 77.1. The minimum Gasteiger partial charge on any atom is -0.445 e. The normalized spacial score (nSPS) is 11.8. The summed E-state index contributed by atoms with van der Waals surface area (Å²) in [7, 11) is 0. The smallest absolute Gasteiger partial charge is 0.445 e. The molecule has 0 radical (unpaired) electrons. The third-order valence-electron chi connectivity index (χ3n) is 10.9. The molecule has 1 rings (SSSR count). The van der Waals surface area contributed by atoms with Crippen LogP contribution in [0.1, 0.15) is 121 Å². The van der Waals surface area contributed by atoms with E-state index in [0.29, 0.717) is 70.0 Å². The van der Waals surface area contributed by atoms with Crippen molar-refractivity contribution in [1.29, 1.82) is 0 Å². The average Bonchev–Trinajstić information content (AvgIpc) is 3.56. The molecule has 0 aliphatic carbocycles. The molecule has 0 aliphatic rings. The number of halogens is 18. The Hall–Kier alpha value is -5.55. The monoisotopic (exact) mass is 1290 g/mol. The molecule has 0 aliphatic heterocycles. The van der Waals surface area contributed by atoms with Crippen LogP contribution in [0.4, 0.5) is 83.8 Å². The van der Waals surface area contributed by atoms with Gasteiger partial charge in [0.05, 0.1) is 0 Å². The van der Waals surface area contributed by atoms with Crippen molar-refractivity contribution >= 4 is 41.2 Å². The first-order valence-electron chi connectivity index (χ1n) is 27.3. The molecule has 4 amide bonds. The van der Waals surface area contributed by atoms with Crippen molar-refractivity contribution in [3.63, 3.8) is 0 Å². The molecule has 0 atom stereocenters. The second-order valence-corrected chi connectivity index (χ2v) is 18.4. The van der Waals surface area contributed by atoms with Crippen LogP contribution in [0, 0.1) is 0 Å². The number of ether oxygens (including phenoxy) is 1. The number of carbonyl (C=O) groups excluding carboxylic acids is 7. The highest BCUT2D eigenvalue weighted by atomic mass is 19.4. The second-order valence-electron chi connectivity index (χ2n) is 18.4. The van der Waals surface area contributed by atoms with Crippen LogP contribution in [0.25, 0.3) is 0 Å². The van der Waals surface area contributed by atoms with E-state index < -0.39 is 97.5 Å². The number of nitrogens with one attached hydrogen (secondary N) is 6. The first-order valence-corrected chi connectivity index (χ1v) is 27.3. The number of nitrogens with two attached hydrogens (primary N) is 2. The summed E-state index contributed by atoms with van der Waals surface area (Å²) in [6.45, 7) is 4.52. The highest BCUT2D eigenvalue weighted by Gasteiger charge is 2.41. The van der Waals surface area contributed by atoms with Gasteiger partial charge in [0.25, 0.3) is 0 Å². The lowest BCUT2D eigenvalue weighted by Crippen LogP contribution is -2.37. The third kappa shape index (κ3) is 51.7. The van der Waals surface area contributed by atoms with Gasteiger partial charge >= 0.3 is 60.9 Å². The molecule has 0 aromatic heterocycles. The number of ketones is 3. The second kappa shape index (κ2) is 47.5. The van der Waals surface area contributed by atoms with Gasteiger partial charge in [-0.15, -0.1) is 0 Å². The summed E-state index contributed by atoms with van der Waals surface area (Å²) in [6, 6.07) is 8.68. The van der Waals surface area contributed by atoms with Crippen molar-refractivity contribution < 1.29 is 117 Å². The van der Waals surface area contributed by atoms with E-state index in [1.165, 1.54) is 12.8 Å². The van der Waals surface area contributed by atoms with Crippen LogP contribution in [-0.4, -0.2) is 168 Å². The lowest BCUT2D eigenvalue weighted by molar-refractivity contribution is -0.173. The first kappa shape index (κ1) is 84.7. The number of benzene rings is 1. The number of nitrogens with zero attached hydrogens (tertiary/aromatic N) is 1. The van der Waals surface area contributed by atoms with Gasteiger partial charge in [0, 0.05) is 65.1 Å². The van der Waals surface area contributed by atoms with Gasteiger partial charge in [-0.1, -0.05) is 49.6 Å².